The second-order valence-corrected chi connectivity index (χ2v) is 4.27. The maximum Gasteiger partial charge on any atom is 0.351 e. The van der Waals surface area contributed by atoms with Crippen molar-refractivity contribution in [2.75, 3.05) is 18.5 Å². The van der Waals surface area contributed by atoms with Crippen LogP contribution in [0.25, 0.3) is 0 Å². The molecule has 1 aliphatic rings. The van der Waals surface area contributed by atoms with Crippen LogP contribution in [0.3, 0.4) is 0 Å². The lowest BCUT2D eigenvalue weighted by Gasteiger charge is -2.15. The predicted molar refractivity (Wildman–Crippen MR) is 64.2 cm³/mol. The van der Waals surface area contributed by atoms with Gasteiger partial charge in [0.05, 0.1) is 18.9 Å². The quantitative estimate of drug-likeness (QED) is 0.681. The van der Waals surface area contributed by atoms with Gasteiger partial charge in [-0.15, -0.1) is 0 Å². The van der Waals surface area contributed by atoms with Crippen molar-refractivity contribution in [3.8, 4) is 0 Å². The van der Waals surface area contributed by atoms with Gasteiger partial charge in [0.25, 0.3) is 0 Å². The lowest BCUT2D eigenvalue weighted by molar-refractivity contribution is -0.0461. The molecule has 3 N–H and O–H groups in total. The summed E-state index contributed by atoms with van der Waals surface area (Å²) in [6.07, 6.45) is -1.39. The Kier molecular flexibility index (Phi) is 4.13. The number of nitrogens with zero attached hydrogens (tertiary/aromatic N) is 2. The summed E-state index contributed by atoms with van der Waals surface area (Å²) in [5.74, 6) is -0.784. The summed E-state index contributed by atoms with van der Waals surface area (Å²) in [6.45, 7) is 1.84. The van der Waals surface area contributed by atoms with E-state index in [1.165, 1.54) is 0 Å². The number of nitrogens with one attached hydrogen (secondary N) is 1. The molecular formula is C11H16FN3O4. The number of hydrogen-bond donors (Lipinski definition) is 3. The summed E-state index contributed by atoms with van der Waals surface area (Å²) in [5.41, 5.74) is -0.673. The molecule has 2 heterocycles. The Bertz CT molecular complexity index is 507. The van der Waals surface area contributed by atoms with Crippen LogP contribution in [-0.2, 0) is 4.74 Å². The van der Waals surface area contributed by atoms with E-state index in [1.54, 1.807) is 6.92 Å². The first-order valence-electron chi connectivity index (χ1n) is 6.03. The highest BCUT2D eigenvalue weighted by Crippen LogP contribution is 2.27. The standard InChI is InChI=1S/C11H16FN3O4/c1-2-13-10-6(12)4-15(11(18)14-10)9-3-7(17)8(5-16)19-9/h4,7-9,16-17H,2-3,5H2,1H3,(H,13,14,18)/t7-,8+,9+/m0/s1. The molecule has 1 aliphatic heterocycles. The molecule has 0 bridgehead atoms. The average molecular weight is 273 g/mol. The second kappa shape index (κ2) is 5.64. The Morgan fingerprint density at radius 2 is 2.42 bits per heavy atom. The zero-order valence-electron chi connectivity index (χ0n) is 10.4. The van der Waals surface area contributed by atoms with E-state index in [1.807, 2.05) is 0 Å². The molecule has 0 spiro atoms. The van der Waals surface area contributed by atoms with E-state index in [2.05, 4.69) is 10.3 Å². The van der Waals surface area contributed by atoms with Gasteiger partial charge in [-0.3, -0.25) is 4.57 Å². The van der Waals surface area contributed by atoms with Crippen molar-refractivity contribution >= 4 is 5.82 Å². The van der Waals surface area contributed by atoms with Crippen LogP contribution in [0.5, 0.6) is 0 Å². The van der Waals surface area contributed by atoms with Gasteiger partial charge in [0, 0.05) is 13.0 Å². The Hall–Kier alpha value is -1.51. The third kappa shape index (κ3) is 2.75. The van der Waals surface area contributed by atoms with Crippen LogP contribution < -0.4 is 11.0 Å². The van der Waals surface area contributed by atoms with E-state index in [0.717, 1.165) is 10.8 Å². The smallest absolute Gasteiger partial charge is 0.351 e. The van der Waals surface area contributed by atoms with Gasteiger partial charge in [-0.2, -0.15) is 4.98 Å². The maximum atomic E-state index is 13.7. The molecule has 8 heteroatoms. The summed E-state index contributed by atoms with van der Waals surface area (Å²) in [6, 6.07) is 0. The van der Waals surface area contributed by atoms with Gasteiger partial charge in [-0.25, -0.2) is 9.18 Å². The Morgan fingerprint density at radius 1 is 1.68 bits per heavy atom. The summed E-state index contributed by atoms with van der Waals surface area (Å²) in [5, 5.41) is 21.2. The molecule has 0 amide bonds. The fraction of sp³-hybridized carbons (Fsp3) is 0.636. The topological polar surface area (TPSA) is 96.6 Å². The van der Waals surface area contributed by atoms with Gasteiger partial charge in [0.15, 0.2) is 11.6 Å². The normalized spacial score (nSPS) is 26.6. The van der Waals surface area contributed by atoms with Crippen molar-refractivity contribution < 1.29 is 19.3 Å². The predicted octanol–water partition coefficient (Wildman–Crippen LogP) is -0.545. The Morgan fingerprint density at radius 3 is 3.00 bits per heavy atom. The van der Waals surface area contributed by atoms with Crippen molar-refractivity contribution in [2.24, 2.45) is 0 Å². The monoisotopic (exact) mass is 273 g/mol. The number of aliphatic hydroxyl groups excluding tert-OH is 2. The highest BCUT2D eigenvalue weighted by Gasteiger charge is 2.35. The van der Waals surface area contributed by atoms with Crippen molar-refractivity contribution in [3.63, 3.8) is 0 Å². The minimum absolute atomic E-state index is 0.104. The number of halogens is 1. The van der Waals surface area contributed by atoms with E-state index < -0.39 is 29.9 Å². The molecule has 7 nitrogen and oxygen atoms in total. The lowest BCUT2D eigenvalue weighted by atomic mass is 10.2. The number of hydrogen-bond acceptors (Lipinski definition) is 6. The molecule has 3 atom stereocenters. The van der Waals surface area contributed by atoms with Crippen LogP contribution in [0.4, 0.5) is 10.2 Å². The summed E-state index contributed by atoms with van der Waals surface area (Å²) < 4.78 is 20.0. The first-order chi connectivity index (χ1) is 9.06. The van der Waals surface area contributed by atoms with E-state index >= 15 is 0 Å². The van der Waals surface area contributed by atoms with Crippen molar-refractivity contribution in [1.82, 2.24) is 9.55 Å². The fourth-order valence-corrected chi connectivity index (χ4v) is 1.99. The van der Waals surface area contributed by atoms with Gasteiger partial charge in [0.1, 0.15) is 12.3 Å². The maximum absolute atomic E-state index is 13.7. The van der Waals surface area contributed by atoms with E-state index in [0.29, 0.717) is 6.54 Å². The summed E-state index contributed by atoms with van der Waals surface area (Å²) >= 11 is 0. The van der Waals surface area contributed by atoms with Crippen LogP contribution in [0.1, 0.15) is 19.6 Å². The third-order valence-corrected chi connectivity index (χ3v) is 2.95. The highest BCUT2D eigenvalue weighted by atomic mass is 19.1. The van der Waals surface area contributed by atoms with Gasteiger partial charge in [-0.1, -0.05) is 0 Å². The zero-order valence-corrected chi connectivity index (χ0v) is 10.4. The highest BCUT2D eigenvalue weighted by molar-refractivity contribution is 5.33. The summed E-state index contributed by atoms with van der Waals surface area (Å²) in [7, 11) is 0. The van der Waals surface area contributed by atoms with Crippen molar-refractivity contribution in [1.29, 1.82) is 0 Å². The van der Waals surface area contributed by atoms with E-state index in [-0.39, 0.29) is 18.8 Å². The first kappa shape index (κ1) is 13.9. The van der Waals surface area contributed by atoms with Gasteiger partial charge >= 0.3 is 5.69 Å². The Balaban J connectivity index is 2.27. The second-order valence-electron chi connectivity index (χ2n) is 4.27. The minimum Gasteiger partial charge on any atom is -0.394 e. The lowest BCUT2D eigenvalue weighted by Crippen LogP contribution is -2.29. The van der Waals surface area contributed by atoms with Crippen LogP contribution in [0, 0.1) is 5.82 Å². The van der Waals surface area contributed by atoms with Gasteiger partial charge in [0.2, 0.25) is 0 Å². The average Bonchev–Trinajstić information content (AvgIpc) is 2.75. The summed E-state index contributed by atoms with van der Waals surface area (Å²) in [4.78, 5) is 15.4. The molecule has 0 saturated carbocycles. The molecule has 1 aromatic heterocycles. The molecule has 0 aromatic carbocycles. The molecule has 0 aliphatic carbocycles. The molecule has 0 radical (unpaired) electrons. The molecule has 106 valence electrons. The molecule has 19 heavy (non-hydrogen) atoms. The number of anilines is 1. The van der Waals surface area contributed by atoms with Crippen molar-refractivity contribution in [3.05, 3.63) is 22.5 Å². The number of aromatic nitrogens is 2. The number of rotatable bonds is 4. The van der Waals surface area contributed by atoms with Crippen LogP contribution in [0.2, 0.25) is 0 Å². The SMILES string of the molecule is CCNc1nc(=O)n([C@H]2C[C@H](O)[C@@H](CO)O2)cc1F. The van der Waals surface area contributed by atoms with Gasteiger partial charge < -0.3 is 20.3 Å². The molecular weight excluding hydrogens is 257 g/mol. The Labute approximate surface area is 108 Å². The fourth-order valence-electron chi connectivity index (χ4n) is 1.99. The van der Waals surface area contributed by atoms with Gasteiger partial charge in [-0.05, 0) is 6.92 Å². The molecule has 0 unspecified atom stereocenters. The largest absolute Gasteiger partial charge is 0.394 e. The minimum atomic E-state index is -0.890. The van der Waals surface area contributed by atoms with Crippen molar-refractivity contribution in [2.45, 2.75) is 31.8 Å². The number of aliphatic hydroxyl groups is 2. The third-order valence-electron chi connectivity index (χ3n) is 2.95. The molecule has 2 rings (SSSR count). The first-order valence-corrected chi connectivity index (χ1v) is 6.03. The van der Waals surface area contributed by atoms with Crippen LogP contribution in [-0.4, -0.2) is 45.1 Å². The van der Waals surface area contributed by atoms with Crippen LogP contribution in [0.15, 0.2) is 11.0 Å². The molecule has 1 saturated heterocycles. The molecule has 1 aromatic rings. The zero-order chi connectivity index (χ0) is 14.0. The van der Waals surface area contributed by atoms with E-state index in [4.69, 9.17) is 9.84 Å². The molecule has 1 fully saturated rings. The van der Waals surface area contributed by atoms with E-state index in [9.17, 15) is 14.3 Å². The van der Waals surface area contributed by atoms with Crippen LogP contribution >= 0.6 is 0 Å². The number of ether oxygens (including phenoxy) is 1.